The second-order valence-electron chi connectivity index (χ2n) is 8.83. The fraction of sp³-hybridized carbons (Fsp3) is 0.333. The van der Waals surface area contributed by atoms with E-state index in [1.807, 2.05) is 18.2 Å². The lowest BCUT2D eigenvalue weighted by atomic mass is 10.0. The smallest absolute Gasteiger partial charge is 0.326 e. The number of hydrogen-bond acceptors (Lipinski definition) is 7. The van der Waals surface area contributed by atoms with Gasteiger partial charge in [-0.25, -0.2) is 9.78 Å². The number of aliphatic carboxylic acids is 1. The van der Waals surface area contributed by atoms with E-state index in [1.54, 1.807) is 12.3 Å². The zero-order chi connectivity index (χ0) is 27.8. The highest BCUT2D eigenvalue weighted by molar-refractivity contribution is 5.96. The summed E-state index contributed by atoms with van der Waals surface area (Å²) in [5, 5.41) is 17.8. The number of rotatable bonds is 13. The maximum Gasteiger partial charge on any atom is 0.326 e. The Bertz CT molecular complexity index is 1300. The van der Waals surface area contributed by atoms with Gasteiger partial charge < -0.3 is 42.5 Å². The summed E-state index contributed by atoms with van der Waals surface area (Å²) in [7, 11) is 0. The zero-order valence-corrected chi connectivity index (χ0v) is 20.6. The first-order chi connectivity index (χ1) is 18.0. The van der Waals surface area contributed by atoms with Crippen LogP contribution in [0.1, 0.15) is 24.6 Å². The van der Waals surface area contributed by atoms with Gasteiger partial charge in [0.1, 0.15) is 18.1 Å². The minimum atomic E-state index is -1.50. The van der Waals surface area contributed by atoms with Gasteiger partial charge in [-0.3, -0.25) is 19.2 Å². The number of primary amides is 1. The number of nitrogens with zero attached hydrogens (tertiary/aromatic N) is 1. The summed E-state index contributed by atoms with van der Waals surface area (Å²) in [6, 6.07) is 2.30. The number of carbonyl (C=O) groups excluding carboxylic acids is 4. The van der Waals surface area contributed by atoms with E-state index in [1.165, 1.54) is 19.4 Å². The average Bonchev–Trinajstić information content (AvgIpc) is 3.52. The molecule has 10 N–H and O–H groups in total. The van der Waals surface area contributed by atoms with Gasteiger partial charge in [0.2, 0.25) is 23.6 Å². The van der Waals surface area contributed by atoms with Crippen LogP contribution in [-0.2, 0) is 36.8 Å². The number of aromatic nitrogens is 3. The quantitative estimate of drug-likeness (QED) is 0.129. The average molecular weight is 527 g/mol. The van der Waals surface area contributed by atoms with E-state index >= 15 is 0 Å². The van der Waals surface area contributed by atoms with E-state index in [2.05, 4.69) is 30.9 Å². The lowest BCUT2D eigenvalue weighted by Crippen LogP contribution is -2.58. The Kier molecular flexibility index (Phi) is 9.16. The highest BCUT2D eigenvalue weighted by Gasteiger charge is 2.31. The number of nitrogens with two attached hydrogens (primary N) is 2. The number of aromatic amines is 2. The Hall–Kier alpha value is -4.72. The highest BCUT2D eigenvalue weighted by Crippen LogP contribution is 2.19. The number of hydrogen-bond donors (Lipinski definition) is 8. The van der Waals surface area contributed by atoms with Gasteiger partial charge in [0.25, 0.3) is 0 Å². The summed E-state index contributed by atoms with van der Waals surface area (Å²) in [4.78, 5) is 71.7. The molecular formula is C24H30N8O6. The minimum Gasteiger partial charge on any atom is -0.480 e. The Labute approximate surface area is 216 Å². The topological polar surface area (TPSA) is 238 Å². The standard InChI is InChI=1S/C24H30N8O6/c1-12(25)21(34)30-17(7-14-10-27-11-29-14)22(35)31-18(8-20(26)33)23(36)32-19(24(37)38)6-13-9-28-16-5-3-2-4-15(13)16/h2-5,9-12,17-19,28H,6-8,25H2,1H3,(H2,26,33)(H,27,29)(H,30,34)(H,31,35)(H,32,36)(H,37,38). The number of nitrogens with one attached hydrogen (secondary N) is 5. The molecule has 0 spiro atoms. The highest BCUT2D eigenvalue weighted by atomic mass is 16.4. The minimum absolute atomic E-state index is 0.0203. The molecule has 14 heteroatoms. The molecule has 0 saturated carbocycles. The molecule has 0 fully saturated rings. The van der Waals surface area contributed by atoms with Crippen LogP contribution in [-0.4, -0.2) is 73.8 Å². The molecule has 38 heavy (non-hydrogen) atoms. The first-order valence-electron chi connectivity index (χ1n) is 11.7. The normalized spacial score (nSPS) is 14.2. The van der Waals surface area contributed by atoms with Crippen LogP contribution in [0.15, 0.2) is 43.0 Å². The van der Waals surface area contributed by atoms with Crippen molar-refractivity contribution < 1.29 is 29.1 Å². The van der Waals surface area contributed by atoms with Crippen molar-refractivity contribution in [1.29, 1.82) is 0 Å². The van der Waals surface area contributed by atoms with Gasteiger partial charge >= 0.3 is 5.97 Å². The molecule has 202 valence electrons. The van der Waals surface area contributed by atoms with E-state index in [-0.39, 0.29) is 12.8 Å². The Morgan fingerprint density at radius 2 is 1.61 bits per heavy atom. The summed E-state index contributed by atoms with van der Waals surface area (Å²) in [6.07, 6.45) is 3.81. The van der Waals surface area contributed by atoms with E-state index in [0.717, 1.165) is 10.9 Å². The van der Waals surface area contributed by atoms with Gasteiger partial charge in [-0.15, -0.1) is 0 Å². The molecule has 2 heterocycles. The van der Waals surface area contributed by atoms with Crippen LogP contribution in [0.2, 0.25) is 0 Å². The number of H-pyrrole nitrogens is 2. The molecule has 3 aromatic rings. The predicted octanol–water partition coefficient (Wildman–Crippen LogP) is -1.56. The van der Waals surface area contributed by atoms with Crippen LogP contribution in [0, 0.1) is 0 Å². The van der Waals surface area contributed by atoms with Gasteiger partial charge in [-0.05, 0) is 18.6 Å². The zero-order valence-electron chi connectivity index (χ0n) is 20.6. The molecule has 0 bridgehead atoms. The molecule has 4 atom stereocenters. The fourth-order valence-corrected chi connectivity index (χ4v) is 3.80. The van der Waals surface area contributed by atoms with Crippen molar-refractivity contribution in [3.05, 3.63) is 54.2 Å². The van der Waals surface area contributed by atoms with Gasteiger partial charge in [0, 0.05) is 41.8 Å². The largest absolute Gasteiger partial charge is 0.480 e. The SMILES string of the molecule is CC(N)C(=O)NC(Cc1cnc[nH]1)C(=O)NC(CC(N)=O)C(=O)NC(Cc1c[nH]c2ccccc12)C(=O)O. The molecule has 0 radical (unpaired) electrons. The number of imidazole rings is 1. The van der Waals surface area contributed by atoms with Crippen molar-refractivity contribution in [3.8, 4) is 0 Å². The van der Waals surface area contributed by atoms with Crippen LogP contribution >= 0.6 is 0 Å². The molecule has 4 amide bonds. The Balaban J connectivity index is 1.76. The third-order valence-electron chi connectivity index (χ3n) is 5.78. The van der Waals surface area contributed by atoms with Crippen LogP contribution in [0.5, 0.6) is 0 Å². The van der Waals surface area contributed by atoms with Crippen LogP contribution < -0.4 is 27.4 Å². The van der Waals surface area contributed by atoms with E-state index in [4.69, 9.17) is 11.5 Å². The van der Waals surface area contributed by atoms with E-state index in [0.29, 0.717) is 11.3 Å². The van der Waals surface area contributed by atoms with Crippen molar-refractivity contribution in [3.63, 3.8) is 0 Å². The summed E-state index contributed by atoms with van der Waals surface area (Å²) in [5.41, 5.74) is 12.8. The summed E-state index contributed by atoms with van der Waals surface area (Å²) in [6.45, 7) is 1.43. The molecule has 0 aliphatic heterocycles. The lowest BCUT2D eigenvalue weighted by Gasteiger charge is -2.24. The van der Waals surface area contributed by atoms with Crippen LogP contribution in [0.25, 0.3) is 10.9 Å². The molecule has 0 aliphatic rings. The van der Waals surface area contributed by atoms with E-state index in [9.17, 15) is 29.1 Å². The molecule has 3 rings (SSSR count). The summed E-state index contributed by atoms with van der Waals surface area (Å²) in [5.74, 6) is -4.57. The van der Waals surface area contributed by atoms with Crippen LogP contribution in [0.4, 0.5) is 0 Å². The van der Waals surface area contributed by atoms with Gasteiger partial charge in [0.15, 0.2) is 0 Å². The van der Waals surface area contributed by atoms with Crippen molar-refractivity contribution in [2.75, 3.05) is 0 Å². The van der Waals surface area contributed by atoms with Crippen molar-refractivity contribution in [2.45, 2.75) is 50.4 Å². The molecule has 2 aromatic heterocycles. The van der Waals surface area contributed by atoms with Crippen molar-refractivity contribution in [2.24, 2.45) is 11.5 Å². The molecule has 4 unspecified atom stereocenters. The number of carbonyl (C=O) groups is 5. The van der Waals surface area contributed by atoms with E-state index < -0.39 is 60.2 Å². The maximum absolute atomic E-state index is 13.1. The third-order valence-corrected chi connectivity index (χ3v) is 5.78. The van der Waals surface area contributed by atoms with Gasteiger partial charge in [0.05, 0.1) is 18.8 Å². The summed E-state index contributed by atoms with van der Waals surface area (Å²) < 4.78 is 0. The Morgan fingerprint density at radius 3 is 2.24 bits per heavy atom. The second-order valence-corrected chi connectivity index (χ2v) is 8.83. The monoisotopic (exact) mass is 526 g/mol. The molecule has 0 saturated heterocycles. The fourth-order valence-electron chi connectivity index (χ4n) is 3.80. The number of amides is 4. The summed E-state index contributed by atoms with van der Waals surface area (Å²) >= 11 is 0. The third kappa shape index (κ3) is 7.39. The number of benzene rings is 1. The van der Waals surface area contributed by atoms with Gasteiger partial charge in [-0.1, -0.05) is 18.2 Å². The number of fused-ring (bicyclic) bond motifs is 1. The Morgan fingerprint density at radius 1 is 0.947 bits per heavy atom. The predicted molar refractivity (Wildman–Crippen MR) is 135 cm³/mol. The second kappa shape index (κ2) is 12.5. The number of carboxylic acids is 1. The molecular weight excluding hydrogens is 496 g/mol. The molecule has 1 aromatic carbocycles. The first kappa shape index (κ1) is 27.9. The molecule has 14 nitrogen and oxygen atoms in total. The van der Waals surface area contributed by atoms with Gasteiger partial charge in [-0.2, -0.15) is 0 Å². The first-order valence-corrected chi connectivity index (χ1v) is 11.7. The lowest BCUT2D eigenvalue weighted by molar-refractivity contribution is -0.142. The number of para-hydroxylation sites is 1. The maximum atomic E-state index is 13.1. The molecule has 0 aliphatic carbocycles. The van der Waals surface area contributed by atoms with Crippen LogP contribution in [0.3, 0.4) is 0 Å². The van der Waals surface area contributed by atoms with Crippen molar-refractivity contribution in [1.82, 2.24) is 30.9 Å². The van der Waals surface area contributed by atoms with Crippen molar-refractivity contribution >= 4 is 40.5 Å². The number of carboxylic acid groups (broad SMARTS) is 1.